The topological polar surface area (TPSA) is 24.5 Å². The van der Waals surface area contributed by atoms with Crippen molar-refractivity contribution in [3.05, 3.63) is 72.3 Å². The van der Waals surface area contributed by atoms with Gasteiger partial charge in [0, 0.05) is 26.2 Å². The highest BCUT2D eigenvalue weighted by Crippen LogP contribution is 2.30. The number of ether oxygens (including phenoxy) is 1. The average molecular weight is 310 g/mol. The van der Waals surface area contributed by atoms with E-state index in [2.05, 4.69) is 66.2 Å². The monoisotopic (exact) mass is 310 g/mol. The Labute approximate surface area is 139 Å². The van der Waals surface area contributed by atoms with E-state index in [4.69, 9.17) is 4.74 Å². The van der Waals surface area contributed by atoms with Crippen molar-refractivity contribution in [3.8, 4) is 5.75 Å². The van der Waals surface area contributed by atoms with Crippen LogP contribution in [0.2, 0.25) is 0 Å². The molecular weight excluding hydrogens is 284 g/mol. The second kappa shape index (κ2) is 9.01. The minimum Gasteiger partial charge on any atom is -0.495 e. The highest BCUT2D eigenvalue weighted by molar-refractivity contribution is 5.60. The second-order valence-corrected chi connectivity index (χ2v) is 5.43. The van der Waals surface area contributed by atoms with Crippen LogP contribution < -0.4 is 15.0 Å². The lowest BCUT2D eigenvalue weighted by atomic mass is 10.1. The second-order valence-electron chi connectivity index (χ2n) is 5.43. The maximum atomic E-state index is 5.62. The van der Waals surface area contributed by atoms with Gasteiger partial charge in [-0.3, -0.25) is 0 Å². The Kier molecular flexibility index (Phi) is 6.70. The molecular formula is C20H26N2O. The molecule has 0 radical (unpaired) electrons. The molecule has 23 heavy (non-hydrogen) atoms. The number of hydrogen-bond donors (Lipinski definition) is 1. The molecule has 3 nitrogen and oxygen atoms in total. The largest absolute Gasteiger partial charge is 0.495 e. The van der Waals surface area contributed by atoms with Crippen molar-refractivity contribution < 1.29 is 4.74 Å². The highest BCUT2D eigenvalue weighted by Gasteiger charge is 2.12. The first kappa shape index (κ1) is 17.1. The first-order valence-electron chi connectivity index (χ1n) is 8.05. The van der Waals surface area contributed by atoms with Gasteiger partial charge in [0.2, 0.25) is 0 Å². The minimum absolute atomic E-state index is 0.805. The third-order valence-corrected chi connectivity index (χ3v) is 3.80. The molecule has 0 fully saturated rings. The molecule has 2 rings (SSSR count). The van der Waals surface area contributed by atoms with Crippen LogP contribution in [0.3, 0.4) is 0 Å². The molecule has 0 heterocycles. The zero-order valence-electron chi connectivity index (χ0n) is 14.1. The zero-order chi connectivity index (χ0) is 16.5. The van der Waals surface area contributed by atoms with Gasteiger partial charge in [0.05, 0.1) is 12.8 Å². The molecule has 0 aliphatic carbocycles. The van der Waals surface area contributed by atoms with Crippen molar-refractivity contribution in [1.29, 1.82) is 0 Å². The fraction of sp³-hybridized carbons (Fsp3) is 0.300. The standard InChI is InChI=1S/C20H26N2O/c1-4-13-21-15-18-11-12-19(20(14-18)23-3)22(5-2)16-17-9-7-6-8-10-17/h4,6-12,14,21H,1,5,13,15-16H2,2-3H3. The van der Waals surface area contributed by atoms with Crippen molar-refractivity contribution in [3.63, 3.8) is 0 Å². The Balaban J connectivity index is 2.17. The van der Waals surface area contributed by atoms with E-state index in [0.29, 0.717) is 0 Å². The summed E-state index contributed by atoms with van der Waals surface area (Å²) in [5, 5.41) is 3.32. The summed E-state index contributed by atoms with van der Waals surface area (Å²) in [5.74, 6) is 0.917. The maximum Gasteiger partial charge on any atom is 0.142 e. The molecule has 0 saturated heterocycles. The molecule has 0 aliphatic rings. The van der Waals surface area contributed by atoms with Gasteiger partial charge in [0.25, 0.3) is 0 Å². The van der Waals surface area contributed by atoms with Gasteiger partial charge in [-0.05, 0) is 30.2 Å². The number of benzene rings is 2. The number of hydrogen-bond acceptors (Lipinski definition) is 3. The fourth-order valence-corrected chi connectivity index (χ4v) is 2.58. The van der Waals surface area contributed by atoms with E-state index in [1.807, 2.05) is 12.1 Å². The van der Waals surface area contributed by atoms with Crippen molar-refractivity contribution in [2.75, 3.05) is 25.1 Å². The van der Waals surface area contributed by atoms with E-state index < -0.39 is 0 Å². The lowest BCUT2D eigenvalue weighted by molar-refractivity contribution is 0.413. The normalized spacial score (nSPS) is 10.3. The van der Waals surface area contributed by atoms with Gasteiger partial charge in [-0.2, -0.15) is 0 Å². The molecule has 0 aromatic heterocycles. The van der Waals surface area contributed by atoms with E-state index in [0.717, 1.165) is 37.6 Å². The summed E-state index contributed by atoms with van der Waals surface area (Å²) in [7, 11) is 1.73. The molecule has 2 aromatic rings. The van der Waals surface area contributed by atoms with Gasteiger partial charge in [-0.15, -0.1) is 6.58 Å². The summed E-state index contributed by atoms with van der Waals surface area (Å²) >= 11 is 0. The van der Waals surface area contributed by atoms with Crippen LogP contribution in [0, 0.1) is 0 Å². The number of nitrogens with zero attached hydrogens (tertiary/aromatic N) is 1. The van der Waals surface area contributed by atoms with Gasteiger partial charge in [-0.25, -0.2) is 0 Å². The van der Waals surface area contributed by atoms with Crippen LogP contribution in [0.15, 0.2) is 61.2 Å². The molecule has 0 atom stereocenters. The molecule has 0 amide bonds. The number of methoxy groups -OCH3 is 1. The van der Waals surface area contributed by atoms with Crippen LogP contribution in [-0.2, 0) is 13.1 Å². The lowest BCUT2D eigenvalue weighted by Gasteiger charge is -2.25. The number of anilines is 1. The summed E-state index contributed by atoms with van der Waals surface area (Å²) in [5.41, 5.74) is 3.64. The number of rotatable bonds is 9. The van der Waals surface area contributed by atoms with Crippen molar-refractivity contribution in [2.45, 2.75) is 20.0 Å². The first-order chi connectivity index (χ1) is 11.3. The van der Waals surface area contributed by atoms with Crippen molar-refractivity contribution >= 4 is 5.69 Å². The third-order valence-electron chi connectivity index (χ3n) is 3.80. The van der Waals surface area contributed by atoms with Crippen LogP contribution in [0.25, 0.3) is 0 Å². The third kappa shape index (κ3) is 4.86. The fourth-order valence-electron chi connectivity index (χ4n) is 2.58. The smallest absolute Gasteiger partial charge is 0.142 e. The molecule has 122 valence electrons. The summed E-state index contributed by atoms with van der Waals surface area (Å²) in [6.45, 7) is 9.31. The van der Waals surface area contributed by atoms with Crippen LogP contribution in [0.1, 0.15) is 18.1 Å². The molecule has 0 saturated carbocycles. The predicted octanol–water partition coefficient (Wildman–Crippen LogP) is 4.00. The molecule has 0 aliphatic heterocycles. The quantitative estimate of drug-likeness (QED) is 0.560. The van der Waals surface area contributed by atoms with Crippen molar-refractivity contribution in [2.24, 2.45) is 0 Å². The van der Waals surface area contributed by atoms with Gasteiger partial charge in [-0.1, -0.05) is 42.5 Å². The predicted molar refractivity (Wildman–Crippen MR) is 98.1 cm³/mol. The van der Waals surface area contributed by atoms with E-state index in [1.54, 1.807) is 7.11 Å². The van der Waals surface area contributed by atoms with Gasteiger partial charge < -0.3 is 15.0 Å². The summed E-state index contributed by atoms with van der Waals surface area (Å²) in [4.78, 5) is 2.33. The van der Waals surface area contributed by atoms with Crippen LogP contribution in [-0.4, -0.2) is 20.2 Å². The molecule has 3 heteroatoms. The van der Waals surface area contributed by atoms with Gasteiger partial charge >= 0.3 is 0 Å². The van der Waals surface area contributed by atoms with E-state index >= 15 is 0 Å². The number of nitrogens with one attached hydrogen (secondary N) is 1. The zero-order valence-corrected chi connectivity index (χ0v) is 14.1. The summed E-state index contributed by atoms with van der Waals surface area (Å²) in [6, 6.07) is 16.9. The highest BCUT2D eigenvalue weighted by atomic mass is 16.5. The Hall–Kier alpha value is -2.26. The average Bonchev–Trinajstić information content (AvgIpc) is 2.61. The van der Waals surface area contributed by atoms with Crippen LogP contribution >= 0.6 is 0 Å². The summed E-state index contributed by atoms with van der Waals surface area (Å²) in [6.07, 6.45) is 1.87. The van der Waals surface area contributed by atoms with E-state index in [9.17, 15) is 0 Å². The Morgan fingerprint density at radius 2 is 1.91 bits per heavy atom. The molecule has 2 aromatic carbocycles. The SMILES string of the molecule is C=CCNCc1ccc(N(CC)Cc2ccccc2)c(OC)c1. The Bertz CT molecular complexity index is 610. The Morgan fingerprint density at radius 3 is 2.57 bits per heavy atom. The van der Waals surface area contributed by atoms with Crippen LogP contribution in [0.5, 0.6) is 5.75 Å². The molecule has 0 unspecified atom stereocenters. The molecule has 1 N–H and O–H groups in total. The van der Waals surface area contributed by atoms with E-state index in [1.165, 1.54) is 11.1 Å². The maximum absolute atomic E-state index is 5.62. The van der Waals surface area contributed by atoms with Gasteiger partial charge in [0.15, 0.2) is 0 Å². The van der Waals surface area contributed by atoms with Crippen LogP contribution in [0.4, 0.5) is 5.69 Å². The molecule has 0 spiro atoms. The lowest BCUT2D eigenvalue weighted by Crippen LogP contribution is -2.22. The van der Waals surface area contributed by atoms with Gasteiger partial charge in [0.1, 0.15) is 5.75 Å². The van der Waals surface area contributed by atoms with E-state index in [-0.39, 0.29) is 0 Å². The van der Waals surface area contributed by atoms with Crippen molar-refractivity contribution in [1.82, 2.24) is 5.32 Å². The first-order valence-corrected chi connectivity index (χ1v) is 8.05. The molecule has 0 bridgehead atoms. The summed E-state index contributed by atoms with van der Waals surface area (Å²) < 4.78 is 5.62. The Morgan fingerprint density at radius 1 is 1.13 bits per heavy atom. The minimum atomic E-state index is 0.805.